The average Bonchev–Trinajstić information content (AvgIpc) is 2.04. The van der Waals surface area contributed by atoms with Crippen LogP contribution in [0.15, 0.2) is 18.2 Å². The molecule has 1 aromatic rings. The fourth-order valence-electron chi connectivity index (χ4n) is 0.860. The third kappa shape index (κ3) is 2.08. The fraction of sp³-hybridized carbons (Fsp3) is 0.250. The molecule has 1 nitrogen and oxygen atoms in total. The Hall–Kier alpha value is 0.230. The zero-order chi connectivity index (χ0) is 8.27. The molecule has 0 fully saturated rings. The lowest BCUT2D eigenvalue weighted by Crippen LogP contribution is -1.91. The predicted octanol–water partition coefficient (Wildman–Crippen LogP) is 3.19. The molecule has 11 heavy (non-hydrogen) atoms. The van der Waals surface area contributed by atoms with Crippen molar-refractivity contribution in [3.63, 3.8) is 0 Å². The summed E-state index contributed by atoms with van der Waals surface area (Å²) in [6.45, 7) is 0. The van der Waals surface area contributed by atoms with Gasteiger partial charge in [0.2, 0.25) is 0 Å². The Morgan fingerprint density at radius 2 is 2.27 bits per heavy atom. The fourth-order valence-corrected chi connectivity index (χ4v) is 2.63. The minimum absolute atomic E-state index is 0.843. The maximum Gasteiger partial charge on any atom is 0.123 e. The minimum atomic E-state index is 0.843. The van der Waals surface area contributed by atoms with Gasteiger partial charge in [-0.1, -0.05) is 22.0 Å². The van der Waals surface area contributed by atoms with Gasteiger partial charge in [0.25, 0.3) is 0 Å². The molecule has 0 unspecified atom stereocenters. The van der Waals surface area contributed by atoms with Crippen molar-refractivity contribution in [2.45, 2.75) is 5.33 Å². The van der Waals surface area contributed by atoms with Crippen LogP contribution in [0.25, 0.3) is 0 Å². The van der Waals surface area contributed by atoms with E-state index in [0.717, 1.165) is 11.1 Å². The van der Waals surface area contributed by atoms with Crippen molar-refractivity contribution < 1.29 is 4.74 Å². The summed E-state index contributed by atoms with van der Waals surface area (Å²) < 4.78 is 6.42. The molecule has 0 aromatic heterocycles. The van der Waals surface area contributed by atoms with E-state index in [1.54, 1.807) is 7.11 Å². The number of methoxy groups -OCH3 is 1. The summed E-state index contributed by atoms with van der Waals surface area (Å²) in [6.07, 6.45) is 0. The van der Waals surface area contributed by atoms with E-state index in [0.29, 0.717) is 0 Å². The molecule has 0 aliphatic heterocycles. The number of alkyl halides is 1. The molecule has 0 amide bonds. The number of hydrogen-bond acceptors (Lipinski definition) is 1. The van der Waals surface area contributed by atoms with Crippen LogP contribution in [-0.4, -0.2) is 7.11 Å². The first kappa shape index (κ1) is 9.32. The van der Waals surface area contributed by atoms with Crippen LogP contribution in [0.1, 0.15) is 5.56 Å². The lowest BCUT2D eigenvalue weighted by molar-refractivity contribution is 0.411. The van der Waals surface area contributed by atoms with E-state index in [4.69, 9.17) is 4.74 Å². The van der Waals surface area contributed by atoms with E-state index in [-0.39, 0.29) is 0 Å². The number of halogens is 2. The minimum Gasteiger partial charge on any atom is -0.496 e. The Bertz CT molecular complexity index is 250. The number of rotatable bonds is 2. The summed E-state index contributed by atoms with van der Waals surface area (Å²) in [6, 6.07) is 6.03. The molecule has 0 bridgehead atoms. The van der Waals surface area contributed by atoms with Gasteiger partial charge in [0.05, 0.1) is 7.11 Å². The van der Waals surface area contributed by atoms with E-state index in [2.05, 4.69) is 44.6 Å². The first-order valence-electron chi connectivity index (χ1n) is 3.17. The molecule has 0 radical (unpaired) electrons. The van der Waals surface area contributed by atoms with Gasteiger partial charge < -0.3 is 4.74 Å². The van der Waals surface area contributed by atoms with Gasteiger partial charge in [-0.3, -0.25) is 0 Å². The smallest absolute Gasteiger partial charge is 0.123 e. The number of hydrogen-bond donors (Lipinski definition) is 0. The Morgan fingerprint density at radius 3 is 2.73 bits per heavy atom. The molecule has 3 heteroatoms. The van der Waals surface area contributed by atoms with Crippen LogP contribution in [0.2, 0.25) is 0 Å². The molecule has 0 atom stereocenters. The summed E-state index contributed by atoms with van der Waals surface area (Å²) in [5, 5.41) is 0.843. The second-order valence-corrected chi connectivity index (χ2v) is 3.78. The van der Waals surface area contributed by atoms with Crippen molar-refractivity contribution in [1.82, 2.24) is 0 Å². The Balaban J connectivity index is 3.13. The highest BCUT2D eigenvalue weighted by atomic mass is 127. The third-order valence-corrected chi connectivity index (χ3v) is 3.00. The van der Waals surface area contributed by atoms with Crippen molar-refractivity contribution >= 4 is 38.5 Å². The molecule has 60 valence electrons. The van der Waals surface area contributed by atoms with Crippen LogP contribution in [0.5, 0.6) is 5.75 Å². The van der Waals surface area contributed by atoms with Gasteiger partial charge in [0.1, 0.15) is 5.75 Å². The van der Waals surface area contributed by atoms with Gasteiger partial charge in [-0.2, -0.15) is 0 Å². The molecule has 1 rings (SSSR count). The molecule has 0 heterocycles. The van der Waals surface area contributed by atoms with Gasteiger partial charge in [0.15, 0.2) is 0 Å². The lowest BCUT2D eigenvalue weighted by atomic mass is 10.2. The van der Waals surface area contributed by atoms with Gasteiger partial charge >= 0.3 is 0 Å². The standard InChI is InChI=1S/C8H8BrIO/c1-11-8-4-2-3-7(10)6(8)5-9/h2-4H,5H2,1H3. The monoisotopic (exact) mass is 326 g/mol. The quantitative estimate of drug-likeness (QED) is 0.599. The summed E-state index contributed by atoms with van der Waals surface area (Å²) in [5.74, 6) is 0.953. The van der Waals surface area contributed by atoms with Gasteiger partial charge in [-0.05, 0) is 34.7 Å². The second-order valence-electron chi connectivity index (χ2n) is 2.05. The Kier molecular flexibility index (Phi) is 3.65. The first-order chi connectivity index (χ1) is 5.29. The first-order valence-corrected chi connectivity index (χ1v) is 5.37. The van der Waals surface area contributed by atoms with Gasteiger partial charge in [0, 0.05) is 14.5 Å². The van der Waals surface area contributed by atoms with Gasteiger partial charge in [-0.25, -0.2) is 0 Å². The molecular formula is C8H8BrIO. The van der Waals surface area contributed by atoms with E-state index in [1.807, 2.05) is 12.1 Å². The summed E-state index contributed by atoms with van der Waals surface area (Å²) >= 11 is 5.71. The Morgan fingerprint density at radius 1 is 1.55 bits per heavy atom. The number of ether oxygens (including phenoxy) is 1. The summed E-state index contributed by atoms with van der Waals surface area (Å²) in [7, 11) is 1.69. The van der Waals surface area contributed by atoms with Crippen LogP contribution in [0.4, 0.5) is 0 Å². The Labute approximate surface area is 88.4 Å². The van der Waals surface area contributed by atoms with E-state index < -0.39 is 0 Å². The summed E-state index contributed by atoms with van der Waals surface area (Å²) in [5.41, 5.74) is 1.22. The zero-order valence-corrected chi connectivity index (χ0v) is 9.85. The van der Waals surface area contributed by atoms with Crippen molar-refractivity contribution in [2.75, 3.05) is 7.11 Å². The highest BCUT2D eigenvalue weighted by Gasteiger charge is 2.03. The zero-order valence-electron chi connectivity index (χ0n) is 6.10. The SMILES string of the molecule is COc1cccc(I)c1CBr. The van der Waals surface area contributed by atoms with Crippen molar-refractivity contribution in [2.24, 2.45) is 0 Å². The van der Waals surface area contributed by atoms with Crippen LogP contribution in [-0.2, 0) is 5.33 Å². The van der Waals surface area contributed by atoms with Crippen LogP contribution in [0.3, 0.4) is 0 Å². The lowest BCUT2D eigenvalue weighted by Gasteiger charge is -2.06. The number of benzene rings is 1. The van der Waals surface area contributed by atoms with Gasteiger partial charge in [-0.15, -0.1) is 0 Å². The van der Waals surface area contributed by atoms with Crippen molar-refractivity contribution in [3.05, 3.63) is 27.3 Å². The van der Waals surface area contributed by atoms with Crippen LogP contribution in [0, 0.1) is 3.57 Å². The van der Waals surface area contributed by atoms with E-state index >= 15 is 0 Å². The molecule has 0 aliphatic rings. The molecule has 0 spiro atoms. The second kappa shape index (κ2) is 4.30. The maximum absolute atomic E-state index is 5.18. The largest absolute Gasteiger partial charge is 0.496 e. The van der Waals surface area contributed by atoms with E-state index in [1.165, 1.54) is 9.13 Å². The molecule has 1 aromatic carbocycles. The third-order valence-electron chi connectivity index (χ3n) is 1.43. The molecule has 0 saturated heterocycles. The summed E-state index contributed by atoms with van der Waals surface area (Å²) in [4.78, 5) is 0. The van der Waals surface area contributed by atoms with Crippen molar-refractivity contribution in [3.8, 4) is 5.75 Å². The molecule has 0 aliphatic carbocycles. The highest BCUT2D eigenvalue weighted by Crippen LogP contribution is 2.25. The predicted molar refractivity (Wildman–Crippen MR) is 58.3 cm³/mol. The average molecular weight is 327 g/mol. The maximum atomic E-state index is 5.18. The molecule has 0 N–H and O–H groups in total. The normalized spacial score (nSPS) is 9.73. The van der Waals surface area contributed by atoms with E-state index in [9.17, 15) is 0 Å². The van der Waals surface area contributed by atoms with Crippen LogP contribution < -0.4 is 4.74 Å². The highest BCUT2D eigenvalue weighted by molar-refractivity contribution is 14.1. The van der Waals surface area contributed by atoms with Crippen LogP contribution >= 0.6 is 38.5 Å². The molecular weight excluding hydrogens is 319 g/mol. The molecule has 0 saturated carbocycles. The topological polar surface area (TPSA) is 9.23 Å². The van der Waals surface area contributed by atoms with Crippen molar-refractivity contribution in [1.29, 1.82) is 0 Å².